The van der Waals surface area contributed by atoms with Crippen molar-refractivity contribution in [2.45, 2.75) is 33.1 Å². The van der Waals surface area contributed by atoms with Gasteiger partial charge in [-0.15, -0.1) is 0 Å². The fraction of sp³-hybridized carbons (Fsp3) is 0.579. The van der Waals surface area contributed by atoms with E-state index in [1.54, 1.807) is 7.05 Å². The highest BCUT2D eigenvalue weighted by atomic mass is 16.2. The molecule has 0 saturated carbocycles. The van der Waals surface area contributed by atoms with Crippen LogP contribution in [-0.4, -0.2) is 50.0 Å². The predicted octanol–water partition coefficient (Wildman–Crippen LogP) is 2.21. The van der Waals surface area contributed by atoms with Gasteiger partial charge in [0.05, 0.1) is 5.41 Å². The summed E-state index contributed by atoms with van der Waals surface area (Å²) in [5.74, 6) is 1.49. The Morgan fingerprint density at radius 1 is 1.29 bits per heavy atom. The van der Waals surface area contributed by atoms with Crippen molar-refractivity contribution in [2.75, 3.05) is 33.2 Å². The van der Waals surface area contributed by atoms with Gasteiger partial charge in [0.25, 0.3) is 0 Å². The molecule has 1 unspecified atom stereocenters. The minimum absolute atomic E-state index is 0.0662. The summed E-state index contributed by atoms with van der Waals surface area (Å²) < 4.78 is 0. The second kappa shape index (κ2) is 8.18. The molecule has 132 valence electrons. The molecule has 0 aliphatic carbocycles. The summed E-state index contributed by atoms with van der Waals surface area (Å²) in [6, 6.07) is 10.6. The molecule has 1 heterocycles. The summed E-state index contributed by atoms with van der Waals surface area (Å²) >= 11 is 0. The maximum Gasteiger partial charge on any atom is 0.227 e. The molecular weight excluding hydrogens is 300 g/mol. The van der Waals surface area contributed by atoms with Crippen LogP contribution in [0, 0.1) is 5.41 Å². The maximum absolute atomic E-state index is 12.1. The van der Waals surface area contributed by atoms with Gasteiger partial charge in [0, 0.05) is 39.1 Å². The topological polar surface area (TPSA) is 56.7 Å². The van der Waals surface area contributed by atoms with Crippen molar-refractivity contribution in [2.24, 2.45) is 10.4 Å². The van der Waals surface area contributed by atoms with Gasteiger partial charge >= 0.3 is 0 Å². The van der Waals surface area contributed by atoms with E-state index in [9.17, 15) is 4.79 Å². The number of nitrogens with zero attached hydrogens (tertiary/aromatic N) is 2. The van der Waals surface area contributed by atoms with E-state index in [2.05, 4.69) is 50.9 Å². The lowest BCUT2D eigenvalue weighted by Gasteiger charge is -2.28. The summed E-state index contributed by atoms with van der Waals surface area (Å²) in [7, 11) is 1.80. The van der Waals surface area contributed by atoms with Crippen molar-refractivity contribution in [1.29, 1.82) is 0 Å². The Hall–Kier alpha value is -2.04. The van der Waals surface area contributed by atoms with Crippen LogP contribution in [0.25, 0.3) is 0 Å². The minimum atomic E-state index is -0.468. The first-order valence-corrected chi connectivity index (χ1v) is 8.76. The van der Waals surface area contributed by atoms with E-state index < -0.39 is 5.41 Å². The summed E-state index contributed by atoms with van der Waals surface area (Å²) in [5, 5.41) is 6.27. The van der Waals surface area contributed by atoms with Gasteiger partial charge in [0.1, 0.15) is 0 Å². The highest BCUT2D eigenvalue weighted by Gasteiger charge is 2.30. The molecule has 1 aromatic carbocycles. The monoisotopic (exact) mass is 330 g/mol. The first-order chi connectivity index (χ1) is 11.5. The van der Waals surface area contributed by atoms with Crippen LogP contribution in [0.3, 0.4) is 0 Å². The highest BCUT2D eigenvalue weighted by molar-refractivity contribution is 5.84. The molecule has 2 N–H and O–H groups in total. The van der Waals surface area contributed by atoms with Gasteiger partial charge < -0.3 is 15.5 Å². The van der Waals surface area contributed by atoms with Crippen LogP contribution in [0.15, 0.2) is 35.3 Å². The molecule has 1 amide bonds. The summed E-state index contributed by atoms with van der Waals surface area (Å²) in [6.45, 7) is 9.02. The van der Waals surface area contributed by atoms with Crippen molar-refractivity contribution >= 4 is 11.9 Å². The Labute approximate surface area is 145 Å². The van der Waals surface area contributed by atoms with E-state index in [-0.39, 0.29) is 5.91 Å². The lowest BCUT2D eigenvalue weighted by molar-refractivity contribution is -0.128. The van der Waals surface area contributed by atoms with E-state index >= 15 is 0 Å². The molecule has 24 heavy (non-hydrogen) atoms. The van der Waals surface area contributed by atoms with Crippen molar-refractivity contribution in [3.63, 3.8) is 0 Å². The minimum Gasteiger partial charge on any atom is -0.356 e. The number of guanidine groups is 1. The second-order valence-corrected chi connectivity index (χ2v) is 6.99. The molecule has 1 saturated heterocycles. The number of carbonyl (C=O) groups is 1. The smallest absolute Gasteiger partial charge is 0.227 e. The van der Waals surface area contributed by atoms with E-state index in [1.807, 2.05) is 20.8 Å². The Morgan fingerprint density at radius 2 is 2.00 bits per heavy atom. The highest BCUT2D eigenvalue weighted by Crippen LogP contribution is 2.27. The lowest BCUT2D eigenvalue weighted by atomic mass is 9.92. The molecule has 5 heteroatoms. The first kappa shape index (κ1) is 18.3. The third kappa shape index (κ3) is 4.49. The number of likely N-dealkylation sites (tertiary alicyclic amines) is 1. The third-order valence-electron chi connectivity index (χ3n) is 4.61. The first-order valence-electron chi connectivity index (χ1n) is 8.76. The number of amides is 1. The molecule has 1 aromatic rings. The molecule has 1 atom stereocenters. The van der Waals surface area contributed by atoms with E-state index in [1.165, 1.54) is 5.56 Å². The number of nitrogens with one attached hydrogen (secondary N) is 2. The van der Waals surface area contributed by atoms with Gasteiger partial charge in [-0.25, -0.2) is 0 Å². The number of hydrogen-bond acceptors (Lipinski definition) is 2. The van der Waals surface area contributed by atoms with Crippen LogP contribution in [0.4, 0.5) is 0 Å². The van der Waals surface area contributed by atoms with E-state index in [0.29, 0.717) is 19.0 Å². The van der Waals surface area contributed by atoms with Gasteiger partial charge in [0.2, 0.25) is 5.91 Å². The Balaban J connectivity index is 1.92. The zero-order valence-corrected chi connectivity index (χ0v) is 15.3. The number of carbonyl (C=O) groups excluding carboxylic acids is 1. The Kier molecular flexibility index (Phi) is 6.23. The van der Waals surface area contributed by atoms with Gasteiger partial charge in [0.15, 0.2) is 5.96 Å². The third-order valence-corrected chi connectivity index (χ3v) is 4.61. The molecule has 1 aliphatic heterocycles. The van der Waals surface area contributed by atoms with Crippen LogP contribution < -0.4 is 10.6 Å². The zero-order chi connectivity index (χ0) is 17.6. The molecule has 0 bridgehead atoms. The fourth-order valence-electron chi connectivity index (χ4n) is 3.06. The summed E-state index contributed by atoms with van der Waals surface area (Å²) in [5.41, 5.74) is 0.919. The molecule has 1 aliphatic rings. The fourth-order valence-corrected chi connectivity index (χ4v) is 3.06. The van der Waals surface area contributed by atoms with Gasteiger partial charge in [-0.1, -0.05) is 30.3 Å². The van der Waals surface area contributed by atoms with Crippen LogP contribution in [0.2, 0.25) is 0 Å². The second-order valence-electron chi connectivity index (χ2n) is 6.99. The zero-order valence-electron chi connectivity index (χ0n) is 15.3. The quantitative estimate of drug-likeness (QED) is 0.643. The number of hydrogen-bond donors (Lipinski definition) is 2. The van der Waals surface area contributed by atoms with Crippen LogP contribution in [0.5, 0.6) is 0 Å². The lowest BCUT2D eigenvalue weighted by Crippen LogP contribution is -2.48. The van der Waals surface area contributed by atoms with Gasteiger partial charge in [-0.3, -0.25) is 9.79 Å². The largest absolute Gasteiger partial charge is 0.356 e. The van der Waals surface area contributed by atoms with Crippen molar-refractivity contribution in [3.05, 3.63) is 35.9 Å². The molecule has 2 rings (SSSR count). The van der Waals surface area contributed by atoms with E-state index in [4.69, 9.17) is 0 Å². The molecule has 5 nitrogen and oxygen atoms in total. The van der Waals surface area contributed by atoms with Crippen molar-refractivity contribution in [3.8, 4) is 0 Å². The molecule has 0 aromatic heterocycles. The number of rotatable bonds is 5. The summed E-state index contributed by atoms with van der Waals surface area (Å²) in [6.07, 6.45) is 1.13. The van der Waals surface area contributed by atoms with Crippen LogP contribution in [-0.2, 0) is 4.79 Å². The summed E-state index contributed by atoms with van der Waals surface area (Å²) in [4.78, 5) is 18.8. The van der Waals surface area contributed by atoms with Crippen molar-refractivity contribution in [1.82, 2.24) is 15.5 Å². The van der Waals surface area contributed by atoms with Crippen molar-refractivity contribution < 1.29 is 4.79 Å². The molecule has 0 spiro atoms. The van der Waals surface area contributed by atoms with Gasteiger partial charge in [-0.2, -0.15) is 0 Å². The van der Waals surface area contributed by atoms with Crippen LogP contribution in [0.1, 0.15) is 38.7 Å². The number of aliphatic imine (C=N–C) groups is 1. The molecule has 1 fully saturated rings. The van der Waals surface area contributed by atoms with Gasteiger partial charge in [-0.05, 0) is 32.8 Å². The maximum atomic E-state index is 12.1. The average molecular weight is 330 g/mol. The predicted molar refractivity (Wildman–Crippen MR) is 99.2 cm³/mol. The normalized spacial score (nSPS) is 18.6. The molecular formula is C19H30N4O. The van der Waals surface area contributed by atoms with E-state index in [0.717, 1.165) is 25.5 Å². The Bertz CT molecular complexity index is 568. The van der Waals surface area contributed by atoms with Crippen LogP contribution >= 0.6 is 0 Å². The number of benzene rings is 1. The Morgan fingerprint density at radius 3 is 2.62 bits per heavy atom. The SMILES string of the molecule is CCNC(=O)C(C)(C)CNC(=NC)N1CCC(c2ccccc2)C1. The average Bonchev–Trinajstić information content (AvgIpc) is 3.06. The standard InChI is InChI=1S/C19H30N4O/c1-5-21-17(24)19(2,3)14-22-18(20-4)23-12-11-16(13-23)15-9-7-6-8-10-15/h6-10,16H,5,11-14H2,1-4H3,(H,20,22)(H,21,24). The molecule has 0 radical (unpaired) electrons.